The van der Waals surface area contributed by atoms with Gasteiger partial charge < -0.3 is 10.6 Å². The summed E-state index contributed by atoms with van der Waals surface area (Å²) in [6, 6.07) is 13.0. The molecule has 5 heteroatoms. The zero-order valence-electron chi connectivity index (χ0n) is 13.2. The number of carbonyl (C=O) groups excluding carboxylic acids is 2. The first-order chi connectivity index (χ1) is 11.1. The molecular formula is C18H19N3O2. The molecule has 0 fully saturated rings. The topological polar surface area (TPSA) is 61.4 Å². The summed E-state index contributed by atoms with van der Waals surface area (Å²) >= 11 is 0. The minimum atomic E-state index is -0.179. The van der Waals surface area contributed by atoms with Gasteiger partial charge in [-0.1, -0.05) is 23.8 Å². The smallest absolute Gasteiger partial charge is 0.326 e. The van der Waals surface area contributed by atoms with Gasteiger partial charge in [0, 0.05) is 30.5 Å². The van der Waals surface area contributed by atoms with Crippen molar-refractivity contribution in [3.63, 3.8) is 0 Å². The van der Waals surface area contributed by atoms with Gasteiger partial charge in [0.05, 0.1) is 0 Å². The molecule has 0 bridgehead atoms. The lowest BCUT2D eigenvalue weighted by Crippen LogP contribution is -2.33. The van der Waals surface area contributed by atoms with Gasteiger partial charge in [-0.2, -0.15) is 0 Å². The molecule has 0 atom stereocenters. The number of carbonyl (C=O) groups is 2. The van der Waals surface area contributed by atoms with E-state index in [2.05, 4.69) is 10.6 Å². The van der Waals surface area contributed by atoms with E-state index >= 15 is 0 Å². The van der Waals surface area contributed by atoms with Crippen LogP contribution in [0.3, 0.4) is 0 Å². The number of benzene rings is 2. The van der Waals surface area contributed by atoms with E-state index in [4.69, 9.17) is 0 Å². The Bertz CT molecular complexity index is 753. The summed E-state index contributed by atoms with van der Waals surface area (Å²) in [5, 5.41) is 5.54. The molecule has 3 amide bonds. The molecule has 0 spiro atoms. The molecule has 23 heavy (non-hydrogen) atoms. The van der Waals surface area contributed by atoms with Crippen molar-refractivity contribution in [2.75, 3.05) is 23.8 Å². The van der Waals surface area contributed by atoms with E-state index in [0.29, 0.717) is 18.5 Å². The number of hydrogen-bond acceptors (Lipinski definition) is 2. The van der Waals surface area contributed by atoms with Crippen LogP contribution in [0.5, 0.6) is 0 Å². The van der Waals surface area contributed by atoms with E-state index in [9.17, 15) is 9.59 Å². The molecule has 1 heterocycles. The second-order valence-electron chi connectivity index (χ2n) is 5.58. The van der Waals surface area contributed by atoms with Gasteiger partial charge in [-0.05, 0) is 43.2 Å². The number of fused-ring (bicyclic) bond motifs is 1. The first-order valence-electron chi connectivity index (χ1n) is 7.59. The van der Waals surface area contributed by atoms with Crippen molar-refractivity contribution in [3.8, 4) is 0 Å². The van der Waals surface area contributed by atoms with Crippen LogP contribution in [0.4, 0.5) is 16.2 Å². The van der Waals surface area contributed by atoms with Crippen molar-refractivity contribution in [3.05, 3.63) is 59.2 Å². The summed E-state index contributed by atoms with van der Waals surface area (Å²) in [6.45, 7) is 2.57. The molecule has 2 N–H and O–H groups in total. The number of nitrogens with one attached hydrogen (secondary N) is 2. The van der Waals surface area contributed by atoms with Gasteiger partial charge in [-0.3, -0.25) is 9.69 Å². The number of nitrogens with zero attached hydrogens (tertiary/aromatic N) is 1. The number of rotatable bonds is 2. The van der Waals surface area contributed by atoms with E-state index in [1.54, 1.807) is 24.1 Å². The van der Waals surface area contributed by atoms with E-state index in [1.165, 1.54) is 0 Å². The van der Waals surface area contributed by atoms with Crippen LogP contribution < -0.4 is 15.5 Å². The van der Waals surface area contributed by atoms with Crippen LogP contribution in [0.1, 0.15) is 21.5 Å². The van der Waals surface area contributed by atoms with E-state index in [-0.39, 0.29) is 11.9 Å². The largest absolute Gasteiger partial charge is 0.355 e. The zero-order chi connectivity index (χ0) is 16.4. The van der Waals surface area contributed by atoms with Crippen LogP contribution in [0.15, 0.2) is 42.5 Å². The fourth-order valence-electron chi connectivity index (χ4n) is 2.82. The third kappa shape index (κ3) is 2.90. The van der Waals surface area contributed by atoms with Gasteiger partial charge in [0.1, 0.15) is 0 Å². The monoisotopic (exact) mass is 309 g/mol. The van der Waals surface area contributed by atoms with Crippen LogP contribution in [0.25, 0.3) is 0 Å². The lowest BCUT2D eigenvalue weighted by Gasteiger charge is -2.18. The van der Waals surface area contributed by atoms with Crippen molar-refractivity contribution in [1.29, 1.82) is 0 Å². The summed E-state index contributed by atoms with van der Waals surface area (Å²) in [7, 11) is 1.61. The number of hydrogen-bond donors (Lipinski definition) is 2. The summed E-state index contributed by atoms with van der Waals surface area (Å²) in [6.07, 6.45) is 0.681. The molecule has 0 saturated carbocycles. The minimum Gasteiger partial charge on any atom is -0.355 e. The number of aryl methyl sites for hydroxylation is 1. The van der Waals surface area contributed by atoms with E-state index in [1.807, 2.05) is 37.3 Å². The summed E-state index contributed by atoms with van der Waals surface area (Å²) in [4.78, 5) is 26.2. The Hall–Kier alpha value is -2.82. The number of urea groups is 1. The van der Waals surface area contributed by atoms with Crippen molar-refractivity contribution in [2.24, 2.45) is 0 Å². The predicted molar refractivity (Wildman–Crippen MR) is 91.1 cm³/mol. The number of anilines is 2. The van der Waals surface area contributed by atoms with Crippen molar-refractivity contribution in [2.45, 2.75) is 13.3 Å². The lowest BCUT2D eigenvalue weighted by atomic mass is 10.0. The van der Waals surface area contributed by atoms with Gasteiger partial charge in [-0.15, -0.1) is 0 Å². The first-order valence-corrected chi connectivity index (χ1v) is 7.59. The maximum atomic E-state index is 12.5. The first kappa shape index (κ1) is 15.1. The van der Waals surface area contributed by atoms with Gasteiger partial charge in [0.25, 0.3) is 5.91 Å². The fourth-order valence-corrected chi connectivity index (χ4v) is 2.82. The molecular weight excluding hydrogens is 290 g/mol. The van der Waals surface area contributed by atoms with Crippen LogP contribution in [-0.2, 0) is 6.42 Å². The molecule has 2 aromatic carbocycles. The minimum absolute atomic E-state index is 0.123. The Morgan fingerprint density at radius 3 is 2.52 bits per heavy atom. The van der Waals surface area contributed by atoms with Crippen LogP contribution in [0, 0.1) is 6.92 Å². The van der Waals surface area contributed by atoms with Crippen LogP contribution in [0.2, 0.25) is 0 Å². The summed E-state index contributed by atoms with van der Waals surface area (Å²) in [5.74, 6) is -0.123. The van der Waals surface area contributed by atoms with Crippen LogP contribution in [-0.4, -0.2) is 25.5 Å². The second-order valence-corrected chi connectivity index (χ2v) is 5.58. The Morgan fingerprint density at radius 2 is 1.83 bits per heavy atom. The molecule has 118 valence electrons. The molecule has 0 radical (unpaired) electrons. The Balaban J connectivity index is 1.83. The normalized spacial score (nSPS) is 12.7. The highest BCUT2D eigenvalue weighted by atomic mass is 16.2. The highest BCUT2D eigenvalue weighted by Crippen LogP contribution is 2.31. The summed E-state index contributed by atoms with van der Waals surface area (Å²) in [5.41, 5.74) is 4.26. The molecule has 0 unspecified atom stereocenters. The maximum Gasteiger partial charge on any atom is 0.326 e. The third-order valence-corrected chi connectivity index (χ3v) is 4.05. The number of amides is 3. The molecule has 1 aliphatic heterocycles. The Kier molecular flexibility index (Phi) is 4.02. The van der Waals surface area contributed by atoms with Gasteiger partial charge in [0.2, 0.25) is 0 Å². The fraction of sp³-hybridized carbons (Fsp3) is 0.222. The van der Waals surface area contributed by atoms with Crippen LogP contribution >= 0.6 is 0 Å². The molecule has 0 saturated heterocycles. The average molecular weight is 309 g/mol. The van der Waals surface area contributed by atoms with Crippen molar-refractivity contribution >= 4 is 23.3 Å². The SMILES string of the molecule is CNC(=O)c1cccc2c1CCN2C(=O)Nc1ccc(C)cc1. The predicted octanol–water partition coefficient (Wildman–Crippen LogP) is 2.95. The summed E-state index contributed by atoms with van der Waals surface area (Å²) < 4.78 is 0. The quantitative estimate of drug-likeness (QED) is 0.896. The average Bonchev–Trinajstić information content (AvgIpc) is 3.00. The van der Waals surface area contributed by atoms with Gasteiger partial charge in [-0.25, -0.2) is 4.79 Å². The highest BCUT2D eigenvalue weighted by molar-refractivity contribution is 6.05. The van der Waals surface area contributed by atoms with E-state index in [0.717, 1.165) is 22.5 Å². The maximum absolute atomic E-state index is 12.5. The van der Waals surface area contributed by atoms with Gasteiger partial charge >= 0.3 is 6.03 Å². The molecule has 2 aromatic rings. The lowest BCUT2D eigenvalue weighted by molar-refractivity contribution is 0.0962. The van der Waals surface area contributed by atoms with E-state index < -0.39 is 0 Å². The molecule has 5 nitrogen and oxygen atoms in total. The standard InChI is InChI=1S/C18H19N3O2/c1-12-6-8-13(9-7-12)20-18(23)21-11-10-14-15(17(22)19-2)4-3-5-16(14)21/h3-9H,10-11H2,1-2H3,(H,19,22)(H,20,23). The molecule has 1 aliphatic rings. The van der Waals surface area contributed by atoms with Crippen molar-refractivity contribution < 1.29 is 9.59 Å². The molecule has 0 aliphatic carbocycles. The Labute approximate surface area is 135 Å². The highest BCUT2D eigenvalue weighted by Gasteiger charge is 2.28. The van der Waals surface area contributed by atoms with Gasteiger partial charge in [0.15, 0.2) is 0 Å². The zero-order valence-corrected chi connectivity index (χ0v) is 13.2. The third-order valence-electron chi connectivity index (χ3n) is 4.05. The second kappa shape index (κ2) is 6.12. The Morgan fingerprint density at radius 1 is 1.09 bits per heavy atom. The molecule has 3 rings (SSSR count). The molecule has 0 aromatic heterocycles. The van der Waals surface area contributed by atoms with Crippen molar-refractivity contribution in [1.82, 2.24) is 5.32 Å².